The van der Waals surface area contributed by atoms with Crippen LogP contribution in [0, 0.1) is 0 Å². The molecule has 0 aliphatic carbocycles. The Morgan fingerprint density at radius 3 is 2.42 bits per heavy atom. The summed E-state index contributed by atoms with van der Waals surface area (Å²) in [4.78, 5) is 17.4. The summed E-state index contributed by atoms with van der Waals surface area (Å²) in [5, 5.41) is 6.39. The molecule has 6 heteroatoms. The van der Waals surface area contributed by atoms with Crippen molar-refractivity contribution >= 4 is 11.9 Å². The van der Waals surface area contributed by atoms with Crippen molar-refractivity contribution in [3.63, 3.8) is 0 Å². The van der Waals surface area contributed by atoms with Crippen molar-refractivity contribution in [1.29, 1.82) is 0 Å². The number of likely N-dealkylation sites (N-methyl/N-ethyl adjacent to an activating group) is 1. The number of rotatable bonds is 8. The van der Waals surface area contributed by atoms with Crippen molar-refractivity contribution < 1.29 is 9.53 Å². The maximum Gasteiger partial charge on any atom is 0.243 e. The van der Waals surface area contributed by atoms with Crippen LogP contribution in [0.25, 0.3) is 0 Å². The molecule has 2 N–H and O–H groups in total. The Labute approximate surface area is 145 Å². The Kier molecular flexibility index (Phi) is 8.68. The van der Waals surface area contributed by atoms with E-state index in [4.69, 9.17) is 4.74 Å². The zero-order chi connectivity index (χ0) is 17.9. The SMILES string of the molecule is CCNC(=NCC(=O)N(C)C)NCCc1ccc(OC(C)C)cc1. The van der Waals surface area contributed by atoms with Crippen molar-refractivity contribution in [2.75, 3.05) is 33.7 Å². The van der Waals surface area contributed by atoms with E-state index in [2.05, 4.69) is 27.8 Å². The van der Waals surface area contributed by atoms with Crippen LogP contribution in [0.15, 0.2) is 29.3 Å². The van der Waals surface area contributed by atoms with E-state index in [9.17, 15) is 4.79 Å². The quantitative estimate of drug-likeness (QED) is 0.560. The summed E-state index contributed by atoms with van der Waals surface area (Å²) >= 11 is 0. The summed E-state index contributed by atoms with van der Waals surface area (Å²) in [6, 6.07) is 8.12. The lowest BCUT2D eigenvalue weighted by Crippen LogP contribution is -2.39. The molecule has 0 aromatic heterocycles. The van der Waals surface area contributed by atoms with Crippen LogP contribution in [0.4, 0.5) is 0 Å². The predicted molar refractivity (Wildman–Crippen MR) is 98.6 cm³/mol. The van der Waals surface area contributed by atoms with Crippen molar-refractivity contribution in [2.45, 2.75) is 33.3 Å². The van der Waals surface area contributed by atoms with Crippen molar-refractivity contribution in [3.05, 3.63) is 29.8 Å². The van der Waals surface area contributed by atoms with Gasteiger partial charge in [-0.3, -0.25) is 4.79 Å². The molecule has 0 unspecified atom stereocenters. The average Bonchev–Trinajstić information content (AvgIpc) is 2.53. The molecule has 0 fully saturated rings. The minimum absolute atomic E-state index is 0.0204. The van der Waals surface area contributed by atoms with Gasteiger partial charge in [0.05, 0.1) is 6.10 Å². The molecule has 1 aromatic rings. The highest BCUT2D eigenvalue weighted by atomic mass is 16.5. The number of carbonyl (C=O) groups excluding carboxylic acids is 1. The number of carbonyl (C=O) groups is 1. The standard InChI is InChI=1S/C18H30N4O2/c1-6-19-18(21-13-17(23)22(4)5)20-12-11-15-7-9-16(10-8-15)24-14(2)3/h7-10,14H,6,11-13H2,1-5H3,(H2,19,20,21). The molecule has 0 aliphatic heterocycles. The molecule has 1 rings (SSSR count). The number of aliphatic imine (C=N–C) groups is 1. The first-order valence-electron chi connectivity index (χ1n) is 8.40. The third-order valence-electron chi connectivity index (χ3n) is 3.22. The summed E-state index contributed by atoms with van der Waals surface area (Å²) in [5.41, 5.74) is 1.22. The van der Waals surface area contributed by atoms with Gasteiger partial charge in [-0.25, -0.2) is 4.99 Å². The van der Waals surface area contributed by atoms with Crippen molar-refractivity contribution in [2.24, 2.45) is 4.99 Å². The summed E-state index contributed by atoms with van der Waals surface area (Å²) in [6.45, 7) is 7.67. The molecule has 6 nitrogen and oxygen atoms in total. The van der Waals surface area contributed by atoms with Crippen molar-refractivity contribution in [3.8, 4) is 5.75 Å². The van der Waals surface area contributed by atoms with Crippen LogP contribution in [0.1, 0.15) is 26.3 Å². The number of nitrogens with one attached hydrogen (secondary N) is 2. The lowest BCUT2D eigenvalue weighted by atomic mass is 10.1. The number of hydrogen-bond donors (Lipinski definition) is 2. The highest BCUT2D eigenvalue weighted by Crippen LogP contribution is 2.13. The average molecular weight is 334 g/mol. The van der Waals surface area contributed by atoms with E-state index >= 15 is 0 Å². The van der Waals surface area contributed by atoms with Crippen LogP contribution >= 0.6 is 0 Å². The summed E-state index contributed by atoms with van der Waals surface area (Å²) in [6.07, 6.45) is 1.05. The van der Waals surface area contributed by atoms with E-state index in [1.54, 1.807) is 14.1 Å². The molecular weight excluding hydrogens is 304 g/mol. The summed E-state index contributed by atoms with van der Waals surface area (Å²) in [7, 11) is 3.45. The fraction of sp³-hybridized carbons (Fsp3) is 0.556. The number of amides is 1. The smallest absolute Gasteiger partial charge is 0.243 e. The molecule has 0 heterocycles. The van der Waals surface area contributed by atoms with E-state index in [1.807, 2.05) is 32.9 Å². The van der Waals surface area contributed by atoms with E-state index in [-0.39, 0.29) is 18.6 Å². The Balaban J connectivity index is 2.47. The molecule has 1 amide bonds. The third kappa shape index (κ3) is 7.85. The molecule has 0 saturated carbocycles. The van der Waals surface area contributed by atoms with Gasteiger partial charge in [0.25, 0.3) is 0 Å². The van der Waals surface area contributed by atoms with Crippen LogP contribution in [0.3, 0.4) is 0 Å². The fourth-order valence-electron chi connectivity index (χ4n) is 1.96. The van der Waals surface area contributed by atoms with Gasteiger partial charge in [-0.2, -0.15) is 0 Å². The minimum Gasteiger partial charge on any atom is -0.491 e. The Bertz CT molecular complexity index is 524. The van der Waals surface area contributed by atoms with Gasteiger partial charge < -0.3 is 20.3 Å². The second kappa shape index (κ2) is 10.5. The highest BCUT2D eigenvalue weighted by Gasteiger charge is 2.04. The molecule has 1 aromatic carbocycles. The van der Waals surface area contributed by atoms with Gasteiger partial charge in [0.1, 0.15) is 12.3 Å². The van der Waals surface area contributed by atoms with Crippen LogP contribution < -0.4 is 15.4 Å². The normalized spacial score (nSPS) is 11.3. The van der Waals surface area contributed by atoms with Gasteiger partial charge in [-0.05, 0) is 44.9 Å². The Morgan fingerprint density at radius 2 is 1.88 bits per heavy atom. The number of nitrogens with zero attached hydrogens (tertiary/aromatic N) is 2. The maximum atomic E-state index is 11.6. The topological polar surface area (TPSA) is 66.0 Å². The molecular formula is C18H30N4O2. The largest absolute Gasteiger partial charge is 0.491 e. The molecule has 0 aliphatic rings. The predicted octanol–water partition coefficient (Wildman–Crippen LogP) is 1.66. The second-order valence-corrected chi connectivity index (χ2v) is 5.97. The maximum absolute atomic E-state index is 11.6. The molecule has 134 valence electrons. The number of guanidine groups is 1. The van der Waals surface area contributed by atoms with Gasteiger partial charge in [0.2, 0.25) is 5.91 Å². The molecule has 0 spiro atoms. The monoisotopic (exact) mass is 334 g/mol. The van der Waals surface area contributed by atoms with E-state index in [0.29, 0.717) is 5.96 Å². The van der Waals surface area contributed by atoms with E-state index in [1.165, 1.54) is 10.5 Å². The number of benzene rings is 1. The second-order valence-electron chi connectivity index (χ2n) is 5.97. The van der Waals surface area contributed by atoms with Crippen LogP contribution in [0.5, 0.6) is 5.75 Å². The zero-order valence-corrected chi connectivity index (χ0v) is 15.4. The summed E-state index contributed by atoms with van der Waals surface area (Å²) < 4.78 is 5.64. The fourth-order valence-corrected chi connectivity index (χ4v) is 1.96. The molecule has 0 saturated heterocycles. The Hall–Kier alpha value is -2.24. The lowest BCUT2D eigenvalue weighted by molar-refractivity contribution is -0.127. The lowest BCUT2D eigenvalue weighted by Gasteiger charge is -2.13. The number of hydrogen-bond acceptors (Lipinski definition) is 3. The van der Waals surface area contributed by atoms with Crippen LogP contribution in [0.2, 0.25) is 0 Å². The highest BCUT2D eigenvalue weighted by molar-refractivity contribution is 5.84. The van der Waals surface area contributed by atoms with Crippen LogP contribution in [-0.4, -0.2) is 56.6 Å². The van der Waals surface area contributed by atoms with E-state index in [0.717, 1.165) is 25.3 Å². The zero-order valence-electron chi connectivity index (χ0n) is 15.4. The van der Waals surface area contributed by atoms with E-state index < -0.39 is 0 Å². The van der Waals surface area contributed by atoms with Gasteiger partial charge in [0.15, 0.2) is 5.96 Å². The first kappa shape index (κ1) is 19.8. The van der Waals surface area contributed by atoms with Gasteiger partial charge >= 0.3 is 0 Å². The Morgan fingerprint density at radius 1 is 1.21 bits per heavy atom. The number of ether oxygens (including phenoxy) is 1. The third-order valence-corrected chi connectivity index (χ3v) is 3.22. The molecule has 0 atom stereocenters. The minimum atomic E-state index is -0.0204. The van der Waals surface area contributed by atoms with Gasteiger partial charge in [0, 0.05) is 27.2 Å². The van der Waals surface area contributed by atoms with Gasteiger partial charge in [-0.1, -0.05) is 12.1 Å². The summed E-state index contributed by atoms with van der Waals surface area (Å²) in [5.74, 6) is 1.53. The molecule has 24 heavy (non-hydrogen) atoms. The van der Waals surface area contributed by atoms with Crippen molar-refractivity contribution in [1.82, 2.24) is 15.5 Å². The molecule has 0 radical (unpaired) electrons. The molecule has 0 bridgehead atoms. The first-order valence-corrected chi connectivity index (χ1v) is 8.40. The first-order chi connectivity index (χ1) is 11.4. The van der Waals surface area contributed by atoms with Gasteiger partial charge in [-0.15, -0.1) is 0 Å². The van der Waals surface area contributed by atoms with Crippen LogP contribution in [-0.2, 0) is 11.2 Å².